The predicted molar refractivity (Wildman–Crippen MR) is 86.4 cm³/mol. The summed E-state index contributed by atoms with van der Waals surface area (Å²) in [6.45, 7) is 2.17. The maximum atomic E-state index is 13.7. The van der Waals surface area contributed by atoms with E-state index in [1.165, 1.54) is 12.1 Å². The van der Waals surface area contributed by atoms with E-state index in [0.29, 0.717) is 6.54 Å². The topological polar surface area (TPSA) is 62.7 Å². The highest BCUT2D eigenvalue weighted by atomic mass is 35.5. The van der Waals surface area contributed by atoms with Gasteiger partial charge in [0, 0.05) is 23.8 Å². The van der Waals surface area contributed by atoms with E-state index in [-0.39, 0.29) is 35.0 Å². The Labute approximate surface area is 143 Å². The van der Waals surface area contributed by atoms with Crippen molar-refractivity contribution in [3.05, 3.63) is 52.9 Å². The van der Waals surface area contributed by atoms with Crippen LogP contribution in [0, 0.1) is 5.82 Å². The zero-order valence-corrected chi connectivity index (χ0v) is 13.7. The molecule has 1 aliphatic rings. The monoisotopic (exact) mass is 350 g/mol. The van der Waals surface area contributed by atoms with Gasteiger partial charge in [0.1, 0.15) is 0 Å². The van der Waals surface area contributed by atoms with Gasteiger partial charge in [0.2, 0.25) is 11.8 Å². The molecule has 126 valence electrons. The first-order chi connectivity index (χ1) is 11.4. The number of halogens is 2. The second-order valence-electron chi connectivity index (χ2n) is 5.72. The van der Waals surface area contributed by atoms with Crippen molar-refractivity contribution in [3.63, 3.8) is 0 Å². The average molecular weight is 351 g/mol. The average Bonchev–Trinajstić information content (AvgIpc) is 2.78. The number of benzene rings is 1. The Morgan fingerprint density at radius 1 is 1.42 bits per heavy atom. The van der Waals surface area contributed by atoms with Gasteiger partial charge < -0.3 is 14.7 Å². The number of nitrogens with zero attached hydrogens (tertiary/aromatic N) is 2. The summed E-state index contributed by atoms with van der Waals surface area (Å²) in [5.74, 6) is -0.385. The molecular formula is C17H16ClFN2O3. The van der Waals surface area contributed by atoms with E-state index in [9.17, 15) is 14.3 Å². The number of aromatic nitrogens is 1. The van der Waals surface area contributed by atoms with Crippen LogP contribution in [-0.4, -0.2) is 33.0 Å². The second-order valence-corrected chi connectivity index (χ2v) is 6.15. The van der Waals surface area contributed by atoms with E-state index in [1.54, 1.807) is 23.2 Å². The van der Waals surface area contributed by atoms with Gasteiger partial charge in [-0.15, -0.1) is 0 Å². The van der Waals surface area contributed by atoms with Gasteiger partial charge in [-0.25, -0.2) is 9.37 Å². The number of carbonyl (C=O) groups is 1. The lowest BCUT2D eigenvalue weighted by molar-refractivity contribution is -0.129. The van der Waals surface area contributed by atoms with Crippen LogP contribution in [0.15, 0.2) is 36.5 Å². The van der Waals surface area contributed by atoms with Crippen molar-refractivity contribution in [2.45, 2.75) is 32.0 Å². The first-order valence-corrected chi connectivity index (χ1v) is 7.87. The van der Waals surface area contributed by atoms with Crippen LogP contribution in [0.3, 0.4) is 0 Å². The van der Waals surface area contributed by atoms with Crippen LogP contribution in [0.4, 0.5) is 4.39 Å². The molecule has 3 rings (SSSR count). The SMILES string of the molecule is C[C@H]1[C@@H](O)CC(=O)N1Cc1ccc(Oc2ccc(Cl)cc2F)nc1. The first-order valence-electron chi connectivity index (χ1n) is 7.49. The highest BCUT2D eigenvalue weighted by Crippen LogP contribution is 2.26. The van der Waals surface area contributed by atoms with Gasteiger partial charge in [0.05, 0.1) is 18.6 Å². The molecule has 1 N–H and O–H groups in total. The Bertz CT molecular complexity index is 754. The number of hydrogen-bond acceptors (Lipinski definition) is 4. The third kappa shape index (κ3) is 3.49. The van der Waals surface area contributed by atoms with Crippen molar-refractivity contribution < 1.29 is 19.0 Å². The zero-order chi connectivity index (χ0) is 17.3. The lowest BCUT2D eigenvalue weighted by atomic mass is 10.2. The Kier molecular flexibility index (Phi) is 4.69. The van der Waals surface area contributed by atoms with Crippen molar-refractivity contribution in [1.82, 2.24) is 9.88 Å². The second kappa shape index (κ2) is 6.75. The summed E-state index contributed by atoms with van der Waals surface area (Å²) < 4.78 is 19.1. The molecule has 1 aromatic heterocycles. The summed E-state index contributed by atoms with van der Waals surface area (Å²) in [7, 11) is 0. The third-order valence-corrected chi connectivity index (χ3v) is 4.25. The highest BCUT2D eigenvalue weighted by Gasteiger charge is 2.35. The fourth-order valence-electron chi connectivity index (χ4n) is 2.57. The Morgan fingerprint density at radius 3 is 2.79 bits per heavy atom. The molecule has 0 aliphatic carbocycles. The molecule has 2 heterocycles. The largest absolute Gasteiger partial charge is 0.436 e. The number of amides is 1. The molecule has 0 bridgehead atoms. The maximum absolute atomic E-state index is 13.7. The Balaban J connectivity index is 1.68. The summed E-state index contributed by atoms with van der Waals surface area (Å²) in [5.41, 5.74) is 0.799. The first kappa shape index (κ1) is 16.7. The van der Waals surface area contributed by atoms with Crippen LogP contribution >= 0.6 is 11.6 Å². The van der Waals surface area contributed by atoms with E-state index in [0.717, 1.165) is 11.6 Å². The van der Waals surface area contributed by atoms with Crippen LogP contribution in [0.2, 0.25) is 5.02 Å². The van der Waals surface area contributed by atoms with Crippen LogP contribution in [-0.2, 0) is 11.3 Å². The third-order valence-electron chi connectivity index (χ3n) is 4.01. The zero-order valence-electron chi connectivity index (χ0n) is 12.9. The lowest BCUT2D eigenvalue weighted by Gasteiger charge is -2.22. The minimum Gasteiger partial charge on any atom is -0.436 e. The van der Waals surface area contributed by atoms with Crippen molar-refractivity contribution >= 4 is 17.5 Å². The van der Waals surface area contributed by atoms with E-state index in [4.69, 9.17) is 16.3 Å². The van der Waals surface area contributed by atoms with E-state index >= 15 is 0 Å². The normalized spacial score (nSPS) is 20.5. The Hall–Kier alpha value is -2.18. The summed E-state index contributed by atoms with van der Waals surface area (Å²) in [6.07, 6.45) is 1.07. The number of ether oxygens (including phenoxy) is 1. The molecule has 0 unspecified atom stereocenters. The van der Waals surface area contributed by atoms with Crippen molar-refractivity contribution in [3.8, 4) is 11.6 Å². The summed E-state index contributed by atoms with van der Waals surface area (Å²) in [4.78, 5) is 17.6. The molecule has 7 heteroatoms. The fourth-order valence-corrected chi connectivity index (χ4v) is 2.72. The number of likely N-dealkylation sites (tertiary alicyclic amines) is 1. The van der Waals surface area contributed by atoms with E-state index in [1.807, 2.05) is 6.92 Å². The van der Waals surface area contributed by atoms with Crippen molar-refractivity contribution in [2.24, 2.45) is 0 Å². The minimum absolute atomic E-state index is 0.0334. The summed E-state index contributed by atoms with van der Waals surface area (Å²) in [5, 5.41) is 10.0. The molecule has 2 atom stereocenters. The number of aliphatic hydroxyl groups excluding tert-OH is 1. The number of pyridine rings is 1. The molecule has 1 amide bonds. The minimum atomic E-state index is -0.638. The van der Waals surface area contributed by atoms with Gasteiger partial charge in [-0.2, -0.15) is 0 Å². The quantitative estimate of drug-likeness (QED) is 0.920. The van der Waals surface area contributed by atoms with E-state index < -0.39 is 11.9 Å². The van der Waals surface area contributed by atoms with Crippen LogP contribution in [0.1, 0.15) is 18.9 Å². The molecular weight excluding hydrogens is 335 g/mol. The molecule has 2 aromatic rings. The number of carbonyl (C=O) groups excluding carboxylic acids is 1. The molecule has 0 saturated carbocycles. The van der Waals surface area contributed by atoms with Gasteiger partial charge in [-0.3, -0.25) is 4.79 Å². The number of aliphatic hydroxyl groups is 1. The van der Waals surface area contributed by atoms with Gasteiger partial charge >= 0.3 is 0 Å². The fraction of sp³-hybridized carbons (Fsp3) is 0.294. The van der Waals surface area contributed by atoms with Crippen molar-refractivity contribution in [1.29, 1.82) is 0 Å². The smallest absolute Gasteiger partial charge is 0.225 e. The molecule has 1 fully saturated rings. The van der Waals surface area contributed by atoms with Gasteiger partial charge in [0.25, 0.3) is 0 Å². The standard InChI is InChI=1S/C17H16ClFN2O3/c1-10-14(22)7-17(23)21(10)9-11-2-5-16(20-8-11)24-15-4-3-12(18)6-13(15)19/h2-6,8,10,14,22H,7,9H2,1H3/t10-,14-/m0/s1. The van der Waals surface area contributed by atoms with Gasteiger partial charge in [-0.1, -0.05) is 17.7 Å². The van der Waals surface area contributed by atoms with Crippen molar-refractivity contribution in [2.75, 3.05) is 0 Å². The molecule has 1 aliphatic heterocycles. The maximum Gasteiger partial charge on any atom is 0.225 e. The number of rotatable bonds is 4. The molecule has 5 nitrogen and oxygen atoms in total. The van der Waals surface area contributed by atoms with Crippen LogP contribution in [0.5, 0.6) is 11.6 Å². The van der Waals surface area contributed by atoms with Gasteiger partial charge in [0.15, 0.2) is 11.6 Å². The van der Waals surface area contributed by atoms with Gasteiger partial charge in [-0.05, 0) is 30.7 Å². The predicted octanol–water partition coefficient (Wildman–Crippen LogP) is 3.15. The van der Waals surface area contributed by atoms with E-state index in [2.05, 4.69) is 4.98 Å². The Morgan fingerprint density at radius 2 is 2.21 bits per heavy atom. The highest BCUT2D eigenvalue weighted by molar-refractivity contribution is 6.30. The molecule has 24 heavy (non-hydrogen) atoms. The summed E-state index contributed by atoms with van der Waals surface area (Å²) >= 11 is 5.69. The molecule has 1 aromatic carbocycles. The van der Waals surface area contributed by atoms with Crippen LogP contribution in [0.25, 0.3) is 0 Å². The van der Waals surface area contributed by atoms with Crippen LogP contribution < -0.4 is 4.74 Å². The molecule has 1 saturated heterocycles. The summed E-state index contributed by atoms with van der Waals surface area (Å²) in [6, 6.07) is 7.25. The lowest BCUT2D eigenvalue weighted by Crippen LogP contribution is -2.33. The molecule has 0 spiro atoms. The molecule has 0 radical (unpaired) electrons. The number of hydrogen-bond donors (Lipinski definition) is 1.